The molecule has 3 atom stereocenters. The summed E-state index contributed by atoms with van der Waals surface area (Å²) in [6.07, 6.45) is 17.1. The predicted octanol–water partition coefficient (Wildman–Crippen LogP) is 7.49. The lowest BCUT2D eigenvalue weighted by Gasteiger charge is -2.47. The zero-order chi connectivity index (χ0) is 23.8. The number of halogens is 1. The molecule has 0 radical (unpaired) electrons. The second-order valence-corrected chi connectivity index (χ2v) is 11.3. The second-order valence-electron chi connectivity index (χ2n) is 11.3. The molecule has 34 heavy (non-hydrogen) atoms. The van der Waals surface area contributed by atoms with Crippen molar-refractivity contribution in [2.75, 3.05) is 19.7 Å². The monoisotopic (exact) mass is 471 g/mol. The highest BCUT2D eigenvalue weighted by Crippen LogP contribution is 2.44. The molecule has 4 rings (SSSR count). The molecule has 190 valence electrons. The summed E-state index contributed by atoms with van der Waals surface area (Å²) in [5.74, 6) is 1.51. The summed E-state index contributed by atoms with van der Waals surface area (Å²) in [7, 11) is 0. The highest BCUT2D eigenvalue weighted by atomic mass is 19.1. The van der Waals surface area contributed by atoms with Crippen molar-refractivity contribution in [3.63, 3.8) is 0 Å². The van der Waals surface area contributed by atoms with Gasteiger partial charge in [-0.1, -0.05) is 63.1 Å². The summed E-state index contributed by atoms with van der Waals surface area (Å²) in [4.78, 5) is 15.3. The molecule has 4 heteroatoms. The maximum absolute atomic E-state index is 15.3. The van der Waals surface area contributed by atoms with Gasteiger partial charge in [0.05, 0.1) is 6.61 Å². The van der Waals surface area contributed by atoms with E-state index in [0.717, 1.165) is 49.8 Å². The largest absolute Gasteiger partial charge is 0.466 e. The molecule has 3 unspecified atom stereocenters. The van der Waals surface area contributed by atoms with Crippen LogP contribution in [0.4, 0.5) is 4.39 Å². The van der Waals surface area contributed by atoms with E-state index in [1.165, 1.54) is 64.2 Å². The zero-order valence-corrected chi connectivity index (χ0v) is 21.4. The van der Waals surface area contributed by atoms with Crippen molar-refractivity contribution in [3.05, 3.63) is 35.6 Å². The molecule has 3 aliphatic rings. The fourth-order valence-electron chi connectivity index (χ4n) is 7.29. The van der Waals surface area contributed by atoms with Gasteiger partial charge in [-0.25, -0.2) is 4.39 Å². The molecule has 3 nitrogen and oxygen atoms in total. The first-order valence-electron chi connectivity index (χ1n) is 14.3. The van der Waals surface area contributed by atoms with Crippen LogP contribution < -0.4 is 0 Å². The molecule has 3 saturated carbocycles. The molecular weight excluding hydrogens is 425 g/mol. The minimum atomic E-state index is -0.124. The Bertz CT molecular complexity index is 736. The first-order valence-corrected chi connectivity index (χ1v) is 14.3. The van der Waals surface area contributed by atoms with E-state index in [2.05, 4.69) is 4.90 Å². The summed E-state index contributed by atoms with van der Waals surface area (Å²) in [6, 6.07) is 7.66. The van der Waals surface area contributed by atoms with Crippen molar-refractivity contribution in [2.45, 2.75) is 109 Å². The van der Waals surface area contributed by atoms with Crippen LogP contribution in [0.15, 0.2) is 24.3 Å². The van der Waals surface area contributed by atoms with Gasteiger partial charge in [-0.2, -0.15) is 0 Å². The summed E-state index contributed by atoms with van der Waals surface area (Å²) < 4.78 is 20.6. The maximum atomic E-state index is 15.3. The molecule has 0 N–H and O–H groups in total. The number of esters is 1. The van der Waals surface area contributed by atoms with Crippen LogP contribution in [0, 0.1) is 23.6 Å². The predicted molar refractivity (Wildman–Crippen MR) is 136 cm³/mol. The van der Waals surface area contributed by atoms with E-state index >= 15 is 4.39 Å². The number of rotatable bonds is 9. The number of hydrogen-bond donors (Lipinski definition) is 0. The van der Waals surface area contributed by atoms with E-state index in [0.29, 0.717) is 19.1 Å². The Hall–Kier alpha value is -1.42. The Kier molecular flexibility index (Phi) is 9.85. The van der Waals surface area contributed by atoms with Gasteiger partial charge in [0.15, 0.2) is 0 Å². The zero-order valence-electron chi connectivity index (χ0n) is 21.4. The van der Waals surface area contributed by atoms with Crippen LogP contribution in [-0.2, 0) is 9.53 Å². The Labute approximate surface area is 206 Å². The van der Waals surface area contributed by atoms with Crippen LogP contribution >= 0.6 is 0 Å². The highest BCUT2D eigenvalue weighted by Gasteiger charge is 2.41. The average molecular weight is 472 g/mol. The van der Waals surface area contributed by atoms with E-state index < -0.39 is 0 Å². The maximum Gasteiger partial charge on any atom is 0.306 e. The quantitative estimate of drug-likeness (QED) is 0.349. The molecule has 1 aromatic carbocycles. The Morgan fingerprint density at radius 2 is 1.50 bits per heavy atom. The van der Waals surface area contributed by atoms with Gasteiger partial charge in [0.1, 0.15) is 5.82 Å². The van der Waals surface area contributed by atoms with Gasteiger partial charge in [0.2, 0.25) is 0 Å². The third-order valence-corrected chi connectivity index (χ3v) is 8.90. The Morgan fingerprint density at radius 1 is 0.882 bits per heavy atom. The van der Waals surface area contributed by atoms with Gasteiger partial charge >= 0.3 is 5.97 Å². The number of benzene rings is 1. The number of carbonyl (C=O) groups is 1. The first kappa shape index (κ1) is 25.7. The van der Waals surface area contributed by atoms with Gasteiger partial charge in [0.25, 0.3) is 0 Å². The Balaban J connectivity index is 1.62. The minimum Gasteiger partial charge on any atom is -0.466 e. The summed E-state index contributed by atoms with van der Waals surface area (Å²) in [6.45, 7) is 4.58. The first-order chi connectivity index (χ1) is 16.7. The third kappa shape index (κ3) is 6.83. The van der Waals surface area contributed by atoms with E-state index in [9.17, 15) is 4.79 Å². The fourth-order valence-corrected chi connectivity index (χ4v) is 7.29. The minimum absolute atomic E-state index is 0.0616. The average Bonchev–Trinajstić information content (AvgIpc) is 2.85. The fraction of sp³-hybridized carbons (Fsp3) is 0.767. The molecule has 0 spiro atoms. The third-order valence-electron chi connectivity index (χ3n) is 8.90. The van der Waals surface area contributed by atoms with Gasteiger partial charge < -0.3 is 4.74 Å². The molecule has 0 aliphatic heterocycles. The van der Waals surface area contributed by atoms with Gasteiger partial charge in [0, 0.05) is 31.5 Å². The van der Waals surface area contributed by atoms with Crippen LogP contribution in [0.25, 0.3) is 0 Å². The molecule has 0 bridgehead atoms. The van der Waals surface area contributed by atoms with Crippen molar-refractivity contribution in [3.8, 4) is 0 Å². The second kappa shape index (κ2) is 13.0. The summed E-state index contributed by atoms with van der Waals surface area (Å²) >= 11 is 0. The van der Waals surface area contributed by atoms with Crippen LogP contribution in [0.3, 0.4) is 0 Å². The van der Waals surface area contributed by atoms with Crippen molar-refractivity contribution < 1.29 is 13.9 Å². The molecule has 1 aromatic rings. The lowest BCUT2D eigenvalue weighted by atomic mass is 9.69. The van der Waals surface area contributed by atoms with E-state index in [1.807, 2.05) is 19.1 Å². The smallest absolute Gasteiger partial charge is 0.306 e. The number of hydrogen-bond acceptors (Lipinski definition) is 3. The van der Waals surface area contributed by atoms with Crippen LogP contribution in [0.2, 0.25) is 0 Å². The van der Waals surface area contributed by atoms with Crippen molar-refractivity contribution in [1.29, 1.82) is 0 Å². The van der Waals surface area contributed by atoms with E-state index in [4.69, 9.17) is 4.74 Å². The standard InChI is InChI=1S/C30H46FNO2/c1-2-34-29(33)20-25-16-11-19-28(30(25)26-17-9-10-18-27(26)31)32(21-23-12-5-3-6-13-23)22-24-14-7-4-8-15-24/h9-10,17-18,23-25,28,30H,2-8,11-16,19-22H2,1H3. The van der Waals surface area contributed by atoms with E-state index in [-0.39, 0.29) is 23.6 Å². The van der Waals surface area contributed by atoms with Gasteiger partial charge in [-0.15, -0.1) is 0 Å². The number of carbonyl (C=O) groups excluding carboxylic acids is 1. The highest BCUT2D eigenvalue weighted by molar-refractivity contribution is 5.69. The van der Waals surface area contributed by atoms with Crippen LogP contribution in [0.5, 0.6) is 0 Å². The van der Waals surface area contributed by atoms with Crippen molar-refractivity contribution >= 4 is 5.97 Å². The van der Waals surface area contributed by atoms with Gasteiger partial charge in [-0.05, 0) is 74.8 Å². The molecule has 0 amide bonds. The van der Waals surface area contributed by atoms with Crippen molar-refractivity contribution in [2.24, 2.45) is 17.8 Å². The molecule has 3 fully saturated rings. The van der Waals surface area contributed by atoms with Crippen molar-refractivity contribution in [1.82, 2.24) is 4.90 Å². The molecule has 0 saturated heterocycles. The van der Waals surface area contributed by atoms with Gasteiger partial charge in [-0.3, -0.25) is 9.69 Å². The molecule has 0 heterocycles. The molecular formula is C30H46FNO2. The molecule has 0 aromatic heterocycles. The normalized spacial score (nSPS) is 27.1. The summed E-state index contributed by atoms with van der Waals surface area (Å²) in [5.41, 5.74) is 0.818. The molecule has 3 aliphatic carbocycles. The number of nitrogens with zero attached hydrogens (tertiary/aromatic N) is 1. The van der Waals surface area contributed by atoms with Crippen LogP contribution in [0.1, 0.15) is 108 Å². The topological polar surface area (TPSA) is 29.5 Å². The summed E-state index contributed by atoms with van der Waals surface area (Å²) in [5, 5.41) is 0. The van der Waals surface area contributed by atoms with Crippen LogP contribution in [-0.4, -0.2) is 36.6 Å². The van der Waals surface area contributed by atoms with E-state index in [1.54, 1.807) is 12.1 Å². The lowest BCUT2D eigenvalue weighted by molar-refractivity contribution is -0.145. The SMILES string of the molecule is CCOC(=O)CC1CCCC(N(CC2CCCCC2)CC2CCCCC2)C1c1ccccc1F. The Morgan fingerprint density at radius 3 is 2.09 bits per heavy atom. The lowest BCUT2D eigenvalue weighted by Crippen LogP contribution is -2.49. The number of ether oxygens (including phenoxy) is 1.